The molecule has 11 nitrogen and oxygen atoms in total. The summed E-state index contributed by atoms with van der Waals surface area (Å²) in [5, 5.41) is 4.27. The highest BCUT2D eigenvalue weighted by molar-refractivity contribution is 7.14. The van der Waals surface area contributed by atoms with E-state index in [4.69, 9.17) is 18.9 Å². The van der Waals surface area contributed by atoms with Gasteiger partial charge in [-0.15, -0.1) is 11.3 Å². The van der Waals surface area contributed by atoms with Crippen molar-refractivity contribution in [2.24, 2.45) is 0 Å². The number of hydrogen-bond donors (Lipinski definition) is 1. The average Bonchev–Trinajstić information content (AvgIpc) is 2.98. The van der Waals surface area contributed by atoms with Gasteiger partial charge >= 0.3 is 24.4 Å². The van der Waals surface area contributed by atoms with E-state index in [9.17, 15) is 19.2 Å². The molecule has 1 aromatic heterocycles. The van der Waals surface area contributed by atoms with Crippen molar-refractivity contribution in [3.63, 3.8) is 0 Å². The molecule has 0 bridgehead atoms. The van der Waals surface area contributed by atoms with Crippen LogP contribution in [0.3, 0.4) is 0 Å². The molecule has 0 fully saturated rings. The second kappa shape index (κ2) is 12.4. The second-order valence-electron chi connectivity index (χ2n) is 9.42. The molecule has 1 heterocycles. The van der Waals surface area contributed by atoms with Gasteiger partial charge in [0.25, 0.3) is 0 Å². The van der Waals surface area contributed by atoms with E-state index in [1.54, 1.807) is 69.2 Å². The molecule has 0 aromatic carbocycles. The van der Waals surface area contributed by atoms with Crippen LogP contribution in [-0.4, -0.2) is 52.8 Å². The number of anilines is 1. The normalized spacial score (nSPS) is 11.3. The van der Waals surface area contributed by atoms with E-state index in [2.05, 4.69) is 15.0 Å². The molecule has 0 radical (unpaired) electrons. The Balaban J connectivity index is 0.000000633. The van der Waals surface area contributed by atoms with Crippen LogP contribution in [0.25, 0.3) is 0 Å². The predicted molar refractivity (Wildman–Crippen MR) is 121 cm³/mol. The lowest BCUT2D eigenvalue weighted by Gasteiger charge is -2.20. The third-order valence-electron chi connectivity index (χ3n) is 2.54. The summed E-state index contributed by atoms with van der Waals surface area (Å²) in [5.74, 6) is -0.508. The van der Waals surface area contributed by atoms with Gasteiger partial charge in [-0.05, 0) is 69.2 Å². The number of hydrogen-bond acceptors (Lipinski definition) is 11. The first-order valence-corrected chi connectivity index (χ1v) is 11.0. The van der Waals surface area contributed by atoms with E-state index in [-0.39, 0.29) is 12.3 Å². The summed E-state index contributed by atoms with van der Waals surface area (Å²) in [6.07, 6.45) is -2.72. The summed E-state index contributed by atoms with van der Waals surface area (Å²) in [6.45, 7) is 17.3. The number of thiazole rings is 1. The fraction of sp³-hybridized carbons (Fsp3) is 0.667. The Bertz CT molecular complexity index is 789. The van der Waals surface area contributed by atoms with Gasteiger partial charge in [-0.25, -0.2) is 24.2 Å². The maximum absolute atomic E-state index is 11.5. The zero-order valence-corrected chi connectivity index (χ0v) is 21.6. The monoisotopic (exact) mass is 490 g/mol. The molecule has 1 N–H and O–H groups in total. The highest BCUT2D eigenvalue weighted by Crippen LogP contribution is 2.17. The van der Waals surface area contributed by atoms with Crippen molar-refractivity contribution in [2.75, 3.05) is 11.9 Å². The summed E-state index contributed by atoms with van der Waals surface area (Å²) in [6, 6.07) is 0. The predicted octanol–water partition coefficient (Wildman–Crippen LogP) is 5.54. The van der Waals surface area contributed by atoms with Crippen LogP contribution in [0, 0.1) is 0 Å². The maximum atomic E-state index is 11.5. The van der Waals surface area contributed by atoms with Crippen LogP contribution in [0.2, 0.25) is 0 Å². The molecule has 33 heavy (non-hydrogen) atoms. The Labute approximate surface area is 198 Å². The van der Waals surface area contributed by atoms with E-state index in [1.165, 1.54) is 5.38 Å². The second-order valence-corrected chi connectivity index (χ2v) is 10.3. The van der Waals surface area contributed by atoms with E-state index < -0.39 is 41.2 Å². The molecule has 0 aliphatic heterocycles. The zero-order chi connectivity index (χ0) is 26.0. The lowest BCUT2D eigenvalue weighted by Crippen LogP contribution is -2.29. The standard InChI is InChI=1S/C11H16N2O4S.C10H18O5/c1-5-16-8(14)7-6-18-9(12-7)13-10(15)17-11(2,3)4;1-9(2,3)14-7(11)13-8(12)15-10(4,5)6/h6H,5H2,1-4H3,(H,12,13,15);1-6H3. The summed E-state index contributed by atoms with van der Waals surface area (Å²) >= 11 is 1.13. The SMILES string of the molecule is CC(C)(C)OC(=O)OC(=O)OC(C)(C)C.CCOC(=O)c1csc(NC(=O)OC(C)(C)C)n1. The van der Waals surface area contributed by atoms with Crippen LogP contribution < -0.4 is 5.32 Å². The summed E-state index contributed by atoms with van der Waals surface area (Å²) < 4.78 is 23.6. The lowest BCUT2D eigenvalue weighted by atomic mass is 10.2. The average molecular weight is 491 g/mol. The Morgan fingerprint density at radius 3 is 1.70 bits per heavy atom. The van der Waals surface area contributed by atoms with Crippen LogP contribution >= 0.6 is 11.3 Å². The molecule has 1 rings (SSSR count). The summed E-state index contributed by atoms with van der Waals surface area (Å²) in [5.41, 5.74) is -1.79. The van der Waals surface area contributed by atoms with Gasteiger partial charge in [-0.1, -0.05) is 0 Å². The van der Waals surface area contributed by atoms with Crippen molar-refractivity contribution >= 4 is 40.8 Å². The number of rotatable bonds is 3. The Kier molecular flexibility index (Phi) is 11.3. The van der Waals surface area contributed by atoms with Gasteiger partial charge in [-0.2, -0.15) is 0 Å². The van der Waals surface area contributed by atoms with Gasteiger partial charge in [-0.3, -0.25) is 5.32 Å². The number of carbonyl (C=O) groups excluding carboxylic acids is 4. The molecular weight excluding hydrogens is 456 g/mol. The van der Waals surface area contributed by atoms with Crippen molar-refractivity contribution in [3.05, 3.63) is 11.1 Å². The molecule has 0 saturated heterocycles. The largest absolute Gasteiger partial charge is 0.519 e. The van der Waals surface area contributed by atoms with Crippen LogP contribution in [-0.2, 0) is 23.7 Å². The third kappa shape index (κ3) is 16.4. The van der Waals surface area contributed by atoms with Gasteiger partial charge in [0, 0.05) is 5.38 Å². The minimum Gasteiger partial charge on any atom is -0.461 e. The van der Waals surface area contributed by atoms with E-state index >= 15 is 0 Å². The molecule has 188 valence electrons. The number of nitrogens with zero attached hydrogens (tertiary/aromatic N) is 1. The topological polar surface area (TPSA) is 139 Å². The van der Waals surface area contributed by atoms with Gasteiger partial charge in [0.15, 0.2) is 10.8 Å². The fourth-order valence-electron chi connectivity index (χ4n) is 1.63. The van der Waals surface area contributed by atoms with Crippen LogP contribution in [0.5, 0.6) is 0 Å². The molecule has 1 aromatic rings. The number of amides is 1. The number of ether oxygens (including phenoxy) is 5. The van der Waals surface area contributed by atoms with Gasteiger partial charge in [0.1, 0.15) is 16.8 Å². The van der Waals surface area contributed by atoms with Crippen molar-refractivity contribution in [2.45, 2.75) is 86.0 Å². The van der Waals surface area contributed by atoms with Crippen LogP contribution in [0.1, 0.15) is 79.7 Å². The maximum Gasteiger partial charge on any atom is 0.519 e. The van der Waals surface area contributed by atoms with Crippen LogP contribution in [0.15, 0.2) is 5.38 Å². The smallest absolute Gasteiger partial charge is 0.461 e. The van der Waals surface area contributed by atoms with Gasteiger partial charge in [0.05, 0.1) is 6.61 Å². The van der Waals surface area contributed by atoms with E-state index in [1.807, 2.05) is 0 Å². The number of aromatic nitrogens is 1. The first-order chi connectivity index (χ1) is 14.8. The Hall–Kier alpha value is -2.89. The Morgan fingerprint density at radius 1 is 0.848 bits per heavy atom. The minimum atomic E-state index is -1.06. The number of nitrogens with one attached hydrogen (secondary N) is 1. The minimum absolute atomic E-state index is 0.174. The fourth-order valence-corrected chi connectivity index (χ4v) is 2.30. The Morgan fingerprint density at radius 2 is 1.30 bits per heavy atom. The lowest BCUT2D eigenvalue weighted by molar-refractivity contribution is -0.0294. The zero-order valence-electron chi connectivity index (χ0n) is 20.8. The quantitative estimate of drug-likeness (QED) is 0.326. The highest BCUT2D eigenvalue weighted by atomic mass is 32.1. The number of esters is 1. The molecule has 0 aliphatic carbocycles. The molecule has 0 spiro atoms. The molecule has 0 aliphatic rings. The third-order valence-corrected chi connectivity index (χ3v) is 3.30. The summed E-state index contributed by atoms with van der Waals surface area (Å²) in [7, 11) is 0. The van der Waals surface area contributed by atoms with Gasteiger partial charge in [0.2, 0.25) is 0 Å². The first kappa shape index (κ1) is 30.1. The van der Waals surface area contributed by atoms with E-state index in [0.717, 1.165) is 11.3 Å². The molecule has 0 unspecified atom stereocenters. The molecule has 1 amide bonds. The molecule has 0 atom stereocenters. The van der Waals surface area contributed by atoms with Crippen molar-refractivity contribution in [3.8, 4) is 0 Å². The van der Waals surface area contributed by atoms with Crippen molar-refractivity contribution in [1.29, 1.82) is 0 Å². The number of carbonyl (C=O) groups is 4. The molecule has 12 heteroatoms. The van der Waals surface area contributed by atoms with Crippen molar-refractivity contribution < 1.29 is 42.9 Å². The van der Waals surface area contributed by atoms with Crippen LogP contribution in [0.4, 0.5) is 19.5 Å². The van der Waals surface area contributed by atoms with E-state index in [0.29, 0.717) is 5.13 Å². The molecule has 0 saturated carbocycles. The van der Waals surface area contributed by atoms with Crippen molar-refractivity contribution in [1.82, 2.24) is 4.98 Å². The molecular formula is C21H34N2O9S. The first-order valence-electron chi connectivity index (χ1n) is 10.1. The highest BCUT2D eigenvalue weighted by Gasteiger charge is 2.24. The van der Waals surface area contributed by atoms with Gasteiger partial charge < -0.3 is 23.7 Å². The summed E-state index contributed by atoms with van der Waals surface area (Å²) in [4.78, 5) is 48.8.